The number of carbonyl (C=O) groups excluding carboxylic acids is 1. The van der Waals surface area contributed by atoms with Crippen LogP contribution in [0.1, 0.15) is 57.4 Å². The van der Waals surface area contributed by atoms with Crippen molar-refractivity contribution in [3.05, 3.63) is 59.3 Å². The van der Waals surface area contributed by atoms with Gasteiger partial charge in [0.25, 0.3) is 5.84 Å². The Hall–Kier alpha value is -3.55. The molecule has 2 aliphatic rings. The molecule has 0 radical (unpaired) electrons. The molecule has 3 aromatic rings. The predicted octanol–water partition coefficient (Wildman–Crippen LogP) is 4.29. The lowest BCUT2D eigenvalue weighted by Crippen LogP contribution is -2.44. The first-order valence-corrected chi connectivity index (χ1v) is 11.7. The lowest BCUT2D eigenvalue weighted by Gasteiger charge is -2.23. The van der Waals surface area contributed by atoms with Gasteiger partial charge in [0.05, 0.1) is 0 Å². The Morgan fingerprint density at radius 2 is 1.82 bits per heavy atom. The Kier molecular flexibility index (Phi) is 5.66. The lowest BCUT2D eigenvalue weighted by molar-refractivity contribution is -0.525. The average Bonchev–Trinajstić information content (AvgIpc) is 3.59. The third-order valence-electron chi connectivity index (χ3n) is 6.88. The molecular formula is C25H28N6O2. The summed E-state index contributed by atoms with van der Waals surface area (Å²) < 4.78 is 1.06. The monoisotopic (exact) mass is 444 g/mol. The minimum atomic E-state index is -0.869. The van der Waals surface area contributed by atoms with E-state index in [1.165, 1.54) is 0 Å². The summed E-state index contributed by atoms with van der Waals surface area (Å²) in [6.07, 6.45) is 5.73. The van der Waals surface area contributed by atoms with Gasteiger partial charge in [-0.05, 0) is 41.2 Å². The van der Waals surface area contributed by atoms with E-state index in [2.05, 4.69) is 27.5 Å². The number of aromatic nitrogens is 4. The minimum absolute atomic E-state index is 0.0207. The Labute approximate surface area is 192 Å². The van der Waals surface area contributed by atoms with Crippen molar-refractivity contribution in [3.63, 3.8) is 0 Å². The molecule has 1 saturated carbocycles. The van der Waals surface area contributed by atoms with E-state index in [9.17, 15) is 10.0 Å². The zero-order valence-electron chi connectivity index (χ0n) is 18.8. The van der Waals surface area contributed by atoms with Gasteiger partial charge in [-0.2, -0.15) is 10.1 Å². The average molecular weight is 445 g/mol. The van der Waals surface area contributed by atoms with Gasteiger partial charge < -0.3 is 5.21 Å². The van der Waals surface area contributed by atoms with Gasteiger partial charge in [0.15, 0.2) is 0 Å². The van der Waals surface area contributed by atoms with Crippen LogP contribution in [-0.4, -0.2) is 47.5 Å². The highest BCUT2D eigenvalue weighted by atomic mass is 16.5. The number of amides is 1. The SMILES string of the molecule is CCCCC1=[N+]([O-])C2(CCCC2)C(=O)N1Cc1ccc(-c2ccccc2-c2nn[nH]n2)cc1. The number of benzene rings is 2. The fraction of sp³-hybridized carbons (Fsp3) is 0.400. The number of hydroxylamine groups is 1. The van der Waals surface area contributed by atoms with Crippen LogP contribution >= 0.6 is 0 Å². The normalized spacial score (nSPS) is 17.5. The largest absolute Gasteiger partial charge is 0.714 e. The minimum Gasteiger partial charge on any atom is -0.714 e. The van der Waals surface area contributed by atoms with Crippen molar-refractivity contribution in [2.24, 2.45) is 0 Å². The highest BCUT2D eigenvalue weighted by Crippen LogP contribution is 2.39. The molecule has 170 valence electrons. The summed E-state index contributed by atoms with van der Waals surface area (Å²) in [5.41, 5.74) is 3.07. The van der Waals surface area contributed by atoms with Crippen molar-refractivity contribution in [2.45, 2.75) is 64.0 Å². The van der Waals surface area contributed by atoms with Crippen LogP contribution < -0.4 is 0 Å². The van der Waals surface area contributed by atoms with Crippen molar-refractivity contribution < 1.29 is 9.53 Å². The van der Waals surface area contributed by atoms with Crippen molar-refractivity contribution >= 4 is 11.7 Å². The van der Waals surface area contributed by atoms with E-state index < -0.39 is 5.54 Å². The Morgan fingerprint density at radius 3 is 2.48 bits per heavy atom. The Morgan fingerprint density at radius 1 is 1.09 bits per heavy atom. The van der Waals surface area contributed by atoms with Crippen LogP contribution in [0.25, 0.3) is 22.5 Å². The van der Waals surface area contributed by atoms with Crippen LogP contribution in [0, 0.1) is 5.21 Å². The topological polar surface area (TPSA) is 101 Å². The molecule has 0 atom stereocenters. The molecule has 33 heavy (non-hydrogen) atoms. The maximum atomic E-state index is 13.4. The number of nitrogens with zero attached hydrogens (tertiary/aromatic N) is 5. The van der Waals surface area contributed by atoms with Crippen LogP contribution in [0.4, 0.5) is 0 Å². The van der Waals surface area contributed by atoms with Crippen LogP contribution in [0.5, 0.6) is 0 Å². The first-order chi connectivity index (χ1) is 16.1. The highest BCUT2D eigenvalue weighted by molar-refractivity contribution is 6.03. The van der Waals surface area contributed by atoms with E-state index in [-0.39, 0.29) is 5.91 Å². The summed E-state index contributed by atoms with van der Waals surface area (Å²) in [5, 5.41) is 27.6. The molecule has 1 spiro atoms. The lowest BCUT2D eigenvalue weighted by atomic mass is 9.97. The molecule has 2 aromatic carbocycles. The Bertz CT molecular complexity index is 1160. The number of hydrogen-bond acceptors (Lipinski definition) is 5. The molecule has 0 bridgehead atoms. The van der Waals surface area contributed by atoms with E-state index in [1.807, 2.05) is 48.5 Å². The summed E-state index contributed by atoms with van der Waals surface area (Å²) in [6, 6.07) is 16.1. The standard InChI is InChI=1S/C25H28N6O2/c1-2-3-10-22-30(24(32)25(31(22)33)15-6-7-16-25)17-18-11-13-19(14-12-18)20-8-4-5-9-21(20)23-26-28-29-27-23/h4-5,8-9,11-14H,2-3,6-7,10,15-17H2,1H3,(H,26,27,28,29). The molecule has 0 unspecified atom stereocenters. The molecule has 2 heterocycles. The fourth-order valence-electron chi connectivity index (χ4n) is 5.10. The number of amidine groups is 1. The molecule has 1 N–H and O–H groups in total. The highest BCUT2D eigenvalue weighted by Gasteiger charge is 2.58. The molecule has 0 saturated heterocycles. The molecule has 1 aliphatic carbocycles. The van der Waals surface area contributed by atoms with Gasteiger partial charge in [-0.25, -0.2) is 4.79 Å². The maximum Gasteiger partial charge on any atom is 0.358 e. The van der Waals surface area contributed by atoms with E-state index >= 15 is 0 Å². The summed E-state index contributed by atoms with van der Waals surface area (Å²) >= 11 is 0. The van der Waals surface area contributed by atoms with Gasteiger partial charge in [-0.3, -0.25) is 4.74 Å². The van der Waals surface area contributed by atoms with Crippen molar-refractivity contribution in [2.75, 3.05) is 0 Å². The van der Waals surface area contributed by atoms with Crippen molar-refractivity contribution in [1.82, 2.24) is 25.5 Å². The van der Waals surface area contributed by atoms with Crippen molar-refractivity contribution in [1.29, 1.82) is 0 Å². The molecule has 5 rings (SSSR count). The summed E-state index contributed by atoms with van der Waals surface area (Å²) in [5.74, 6) is 1.16. The third kappa shape index (κ3) is 3.69. The predicted molar refractivity (Wildman–Crippen MR) is 125 cm³/mol. The number of H-pyrrole nitrogens is 1. The molecular weight excluding hydrogens is 416 g/mol. The van der Waals surface area contributed by atoms with Crippen LogP contribution in [0.3, 0.4) is 0 Å². The Balaban J connectivity index is 1.41. The van der Waals surface area contributed by atoms with Gasteiger partial charge in [-0.1, -0.05) is 61.9 Å². The summed E-state index contributed by atoms with van der Waals surface area (Å²) in [6.45, 7) is 2.53. The smallest absolute Gasteiger partial charge is 0.358 e. The molecule has 1 fully saturated rings. The van der Waals surface area contributed by atoms with Crippen LogP contribution in [0.2, 0.25) is 0 Å². The first-order valence-electron chi connectivity index (χ1n) is 11.7. The van der Waals surface area contributed by atoms with Crippen molar-refractivity contribution in [3.8, 4) is 22.5 Å². The molecule has 8 nitrogen and oxygen atoms in total. The van der Waals surface area contributed by atoms with Gasteiger partial charge >= 0.3 is 5.91 Å². The molecule has 1 amide bonds. The van der Waals surface area contributed by atoms with Gasteiger partial charge in [0.1, 0.15) is 6.54 Å². The third-order valence-corrected chi connectivity index (χ3v) is 6.88. The maximum absolute atomic E-state index is 13.4. The van der Waals surface area contributed by atoms with E-state index in [1.54, 1.807) is 4.90 Å². The summed E-state index contributed by atoms with van der Waals surface area (Å²) in [4.78, 5) is 15.2. The number of carbonyl (C=O) groups is 1. The number of hydrogen-bond donors (Lipinski definition) is 1. The molecule has 1 aromatic heterocycles. The van der Waals surface area contributed by atoms with E-state index in [4.69, 9.17) is 0 Å². The zero-order valence-corrected chi connectivity index (χ0v) is 18.8. The first kappa shape index (κ1) is 21.3. The molecule has 1 aliphatic heterocycles. The number of rotatable bonds is 7. The van der Waals surface area contributed by atoms with E-state index in [0.717, 1.165) is 52.7 Å². The van der Waals surface area contributed by atoms with Gasteiger partial charge in [0, 0.05) is 24.8 Å². The second kappa shape index (κ2) is 8.77. The quantitative estimate of drug-likeness (QED) is 0.433. The second-order valence-electron chi connectivity index (χ2n) is 8.92. The summed E-state index contributed by atoms with van der Waals surface area (Å²) in [7, 11) is 0. The van der Waals surface area contributed by atoms with Gasteiger partial charge in [-0.15, -0.1) is 10.2 Å². The van der Waals surface area contributed by atoms with E-state index in [0.29, 0.717) is 37.5 Å². The number of aromatic amines is 1. The zero-order chi connectivity index (χ0) is 22.8. The number of unbranched alkanes of at least 4 members (excludes halogenated alkanes) is 1. The van der Waals surface area contributed by atoms with Gasteiger partial charge in [0.2, 0.25) is 11.4 Å². The fourth-order valence-corrected chi connectivity index (χ4v) is 5.10. The second-order valence-corrected chi connectivity index (χ2v) is 8.92. The number of tetrazole rings is 1. The van der Waals surface area contributed by atoms with Crippen LogP contribution in [0.15, 0.2) is 48.5 Å². The number of nitrogens with one attached hydrogen (secondary N) is 1. The van der Waals surface area contributed by atoms with Crippen LogP contribution in [-0.2, 0) is 11.3 Å². The molecule has 8 heteroatoms.